The maximum atomic E-state index is 14.1. The van der Waals surface area contributed by atoms with E-state index < -0.39 is 35.5 Å². The van der Waals surface area contributed by atoms with Crippen molar-refractivity contribution in [2.24, 2.45) is 28.8 Å². The zero-order valence-electron chi connectivity index (χ0n) is 26.9. The van der Waals surface area contributed by atoms with Gasteiger partial charge in [-0.25, -0.2) is 0 Å². The quantitative estimate of drug-likeness (QED) is 0.150. The molecule has 2 aliphatic carbocycles. The summed E-state index contributed by atoms with van der Waals surface area (Å²) in [6.45, 7) is 8.54. The number of ether oxygens (including phenoxy) is 4. The summed E-state index contributed by atoms with van der Waals surface area (Å²) in [5, 5.41) is 25.5. The fraction of sp³-hybridized carbons (Fsp3) is 0.722. The van der Waals surface area contributed by atoms with Gasteiger partial charge in [-0.1, -0.05) is 74.2 Å². The summed E-state index contributed by atoms with van der Waals surface area (Å²) in [7, 11) is 0. The van der Waals surface area contributed by atoms with Gasteiger partial charge in [0.15, 0.2) is 5.79 Å². The first-order chi connectivity index (χ1) is 21.1. The Morgan fingerprint density at radius 1 is 1.05 bits per heavy atom. The number of carbonyl (C=O) groups excluding carboxylic acids is 1. The maximum absolute atomic E-state index is 14.1. The van der Waals surface area contributed by atoms with Crippen molar-refractivity contribution in [3.63, 3.8) is 0 Å². The molecule has 44 heavy (non-hydrogen) atoms. The number of rotatable bonds is 1. The molecule has 1 unspecified atom stereocenters. The molecule has 0 radical (unpaired) electrons. The molecule has 8 heteroatoms. The third-order valence-electron chi connectivity index (χ3n) is 11.1. The lowest BCUT2D eigenvalue weighted by atomic mass is 9.71. The van der Waals surface area contributed by atoms with Gasteiger partial charge in [-0.15, -0.1) is 0 Å². The molecule has 2 bridgehead atoms. The largest absolute Gasteiger partial charge is 0.462 e. The van der Waals surface area contributed by atoms with Crippen LogP contribution in [0.2, 0.25) is 0 Å². The van der Waals surface area contributed by atoms with Gasteiger partial charge in [0.1, 0.15) is 29.4 Å². The van der Waals surface area contributed by atoms with Crippen molar-refractivity contribution in [1.29, 1.82) is 0 Å². The summed E-state index contributed by atoms with van der Waals surface area (Å²) >= 11 is 0. The SMILES string of the molecule is CC1=C[C@H]2C(=O)O[C@H]3C[C@@H](C/C=C(\C)C[C@@H](C)/C=C/C=C4\CO[C@H](/C1=N/O)[C@@]42O)O[C@@]1(CC[C@H](C)C(C2CCCCC2)O1)C3. The van der Waals surface area contributed by atoms with E-state index in [1.54, 1.807) is 13.0 Å². The van der Waals surface area contributed by atoms with Crippen LogP contribution in [0.3, 0.4) is 0 Å². The Bertz CT molecular complexity index is 1240. The summed E-state index contributed by atoms with van der Waals surface area (Å²) in [5.41, 5.74) is 0.959. The zero-order chi connectivity index (χ0) is 31.1. The van der Waals surface area contributed by atoms with Gasteiger partial charge in [0.05, 0.1) is 18.8 Å². The van der Waals surface area contributed by atoms with Crippen LogP contribution in [-0.2, 0) is 23.7 Å². The highest BCUT2D eigenvalue weighted by Crippen LogP contribution is 2.48. The predicted molar refractivity (Wildman–Crippen MR) is 167 cm³/mol. The highest BCUT2D eigenvalue weighted by Gasteiger charge is 2.60. The van der Waals surface area contributed by atoms with Crippen LogP contribution < -0.4 is 0 Å². The summed E-state index contributed by atoms with van der Waals surface area (Å²) in [5.74, 6) is -1.02. The lowest BCUT2D eigenvalue weighted by Gasteiger charge is -2.51. The van der Waals surface area contributed by atoms with Crippen LogP contribution in [0.5, 0.6) is 0 Å². The van der Waals surface area contributed by atoms with Gasteiger partial charge < -0.3 is 29.3 Å². The lowest BCUT2D eigenvalue weighted by molar-refractivity contribution is -0.342. The van der Waals surface area contributed by atoms with Gasteiger partial charge >= 0.3 is 5.97 Å². The third kappa shape index (κ3) is 6.12. The highest BCUT2D eigenvalue weighted by molar-refractivity contribution is 6.06. The number of fused-ring (bicyclic) bond motifs is 2. The molecule has 9 atom stereocenters. The number of esters is 1. The van der Waals surface area contributed by atoms with Crippen LogP contribution in [0, 0.1) is 23.7 Å². The molecular formula is C36H51NO7. The molecular weight excluding hydrogens is 558 g/mol. The van der Waals surface area contributed by atoms with Crippen molar-refractivity contribution in [2.45, 2.75) is 134 Å². The monoisotopic (exact) mass is 609 g/mol. The molecule has 0 aromatic rings. The molecule has 1 saturated carbocycles. The number of aliphatic hydroxyl groups is 1. The average molecular weight is 610 g/mol. The Kier molecular flexibility index (Phi) is 9.27. The molecule has 6 rings (SSSR count). The number of nitrogens with zero attached hydrogens (tertiary/aromatic N) is 1. The van der Waals surface area contributed by atoms with Crippen LogP contribution in [0.1, 0.15) is 98.3 Å². The molecule has 6 aliphatic rings. The second kappa shape index (κ2) is 12.9. The van der Waals surface area contributed by atoms with Crippen molar-refractivity contribution in [2.75, 3.05) is 6.61 Å². The van der Waals surface area contributed by atoms with Gasteiger partial charge in [0.25, 0.3) is 0 Å². The van der Waals surface area contributed by atoms with E-state index in [2.05, 4.69) is 38.1 Å². The first-order valence-electron chi connectivity index (χ1n) is 17.0. The number of oxime groups is 1. The van der Waals surface area contributed by atoms with E-state index in [1.165, 1.54) is 37.7 Å². The Labute approximate surface area is 262 Å². The molecule has 0 aromatic carbocycles. The topological polar surface area (TPSA) is 107 Å². The fourth-order valence-corrected chi connectivity index (χ4v) is 8.71. The molecule has 4 fully saturated rings. The van der Waals surface area contributed by atoms with Crippen LogP contribution >= 0.6 is 0 Å². The molecule has 0 aromatic heterocycles. The first kappa shape index (κ1) is 31.7. The van der Waals surface area contributed by atoms with E-state index >= 15 is 0 Å². The van der Waals surface area contributed by atoms with Gasteiger partial charge in [0.2, 0.25) is 0 Å². The van der Waals surface area contributed by atoms with E-state index in [9.17, 15) is 15.1 Å². The summed E-state index contributed by atoms with van der Waals surface area (Å²) in [6.07, 6.45) is 19.1. The lowest BCUT2D eigenvalue weighted by Crippen LogP contribution is -2.57. The van der Waals surface area contributed by atoms with Crippen molar-refractivity contribution in [3.05, 3.63) is 47.1 Å². The van der Waals surface area contributed by atoms with Crippen LogP contribution in [0.15, 0.2) is 52.3 Å². The average Bonchev–Trinajstić information content (AvgIpc) is 3.33. The van der Waals surface area contributed by atoms with Crippen molar-refractivity contribution < 1.29 is 34.1 Å². The zero-order valence-corrected chi connectivity index (χ0v) is 26.9. The first-order valence-corrected chi connectivity index (χ1v) is 17.0. The number of hydrogen-bond acceptors (Lipinski definition) is 8. The van der Waals surface area contributed by atoms with Gasteiger partial charge in [0, 0.05) is 19.3 Å². The fourth-order valence-electron chi connectivity index (χ4n) is 8.71. The van der Waals surface area contributed by atoms with Crippen LogP contribution in [0.4, 0.5) is 0 Å². The molecule has 4 heterocycles. The molecule has 8 nitrogen and oxygen atoms in total. The molecule has 0 amide bonds. The van der Waals surface area contributed by atoms with E-state index in [-0.39, 0.29) is 30.4 Å². The second-order valence-corrected chi connectivity index (χ2v) is 14.5. The summed E-state index contributed by atoms with van der Waals surface area (Å²) < 4.78 is 26.3. The minimum absolute atomic E-state index is 0.125. The van der Waals surface area contributed by atoms with E-state index in [4.69, 9.17) is 18.9 Å². The Morgan fingerprint density at radius 2 is 1.84 bits per heavy atom. The Hall–Kier alpha value is -2.26. The number of carbonyl (C=O) groups is 1. The van der Waals surface area contributed by atoms with E-state index in [0.717, 1.165) is 25.7 Å². The standard InChI is InChI=1S/C36H51NO7/c1-22-9-8-12-27-21-41-33-31(37-40)25(4)18-30(36(27,33)39)34(38)42-29-19-28(14-13-23(2)17-22)43-35(20-29)16-15-24(3)32(44-35)26-10-6-5-7-11-26/h8-9,12-13,18,22,24,26,28-30,32-33,39-40H,5-7,10-11,14-17,19-21H2,1-4H3/b9-8+,23-13+,27-12+,37-31+/t22-,24-,28+,29-,30-,32?,33+,35+,36+/m0/s1. The molecule has 242 valence electrons. The van der Waals surface area contributed by atoms with Gasteiger partial charge in [-0.2, -0.15) is 0 Å². The second-order valence-electron chi connectivity index (χ2n) is 14.5. The Balaban J connectivity index is 1.34. The van der Waals surface area contributed by atoms with Crippen molar-refractivity contribution in [1.82, 2.24) is 0 Å². The maximum Gasteiger partial charge on any atom is 0.316 e. The normalized spacial score (nSPS) is 46.3. The Morgan fingerprint density at radius 3 is 2.61 bits per heavy atom. The van der Waals surface area contributed by atoms with Crippen LogP contribution in [-0.4, -0.2) is 64.4 Å². The minimum atomic E-state index is -1.72. The predicted octanol–water partition coefficient (Wildman–Crippen LogP) is 6.56. The van der Waals surface area contributed by atoms with Gasteiger partial charge in [-0.3, -0.25) is 4.79 Å². The van der Waals surface area contributed by atoms with Crippen LogP contribution in [0.25, 0.3) is 0 Å². The highest BCUT2D eigenvalue weighted by atomic mass is 16.7. The third-order valence-corrected chi connectivity index (χ3v) is 11.1. The summed E-state index contributed by atoms with van der Waals surface area (Å²) in [4.78, 5) is 14.1. The number of allylic oxidation sites excluding steroid dienone is 4. The van der Waals surface area contributed by atoms with Crippen molar-refractivity contribution in [3.8, 4) is 0 Å². The number of hydrogen-bond donors (Lipinski definition) is 2. The molecule has 1 spiro atoms. The molecule has 4 aliphatic heterocycles. The van der Waals surface area contributed by atoms with E-state index in [1.807, 2.05) is 12.2 Å². The van der Waals surface area contributed by atoms with Gasteiger partial charge in [-0.05, 0) is 74.9 Å². The molecule has 2 N–H and O–H groups in total. The summed E-state index contributed by atoms with van der Waals surface area (Å²) in [6, 6.07) is 0. The molecule has 3 saturated heterocycles. The van der Waals surface area contributed by atoms with E-state index in [0.29, 0.717) is 35.8 Å². The van der Waals surface area contributed by atoms with Crippen molar-refractivity contribution >= 4 is 11.7 Å². The smallest absolute Gasteiger partial charge is 0.316 e. The minimum Gasteiger partial charge on any atom is -0.462 e.